The Morgan fingerprint density at radius 1 is 1.21 bits per heavy atom. The third kappa shape index (κ3) is 6.71. The molecular weight excluding hydrogens is 236 g/mol. The van der Waals surface area contributed by atoms with Crippen LogP contribution >= 0.6 is 0 Å². The van der Waals surface area contributed by atoms with Crippen LogP contribution in [-0.2, 0) is 4.74 Å². The van der Waals surface area contributed by atoms with E-state index in [2.05, 4.69) is 43.4 Å². The first-order chi connectivity index (χ1) is 9.27. The van der Waals surface area contributed by atoms with Gasteiger partial charge in [-0.2, -0.15) is 0 Å². The number of nitrogens with two attached hydrogens (primary N) is 1. The normalized spacial score (nSPS) is 12.6. The zero-order chi connectivity index (χ0) is 13.9. The van der Waals surface area contributed by atoms with Crippen LogP contribution in [0.4, 0.5) is 0 Å². The van der Waals surface area contributed by atoms with Crippen molar-refractivity contribution < 1.29 is 4.74 Å². The Kier molecular flexibility index (Phi) is 8.47. The van der Waals surface area contributed by atoms with Gasteiger partial charge in [-0.3, -0.25) is 0 Å². The Morgan fingerprint density at radius 2 is 1.95 bits per heavy atom. The molecule has 0 aliphatic rings. The molecule has 0 saturated carbocycles. The summed E-state index contributed by atoms with van der Waals surface area (Å²) < 4.78 is 5.52. The van der Waals surface area contributed by atoms with Crippen LogP contribution in [0.5, 0.6) is 0 Å². The van der Waals surface area contributed by atoms with Gasteiger partial charge in [0.05, 0.1) is 6.61 Å². The molecule has 0 saturated heterocycles. The Labute approximate surface area is 117 Å². The summed E-state index contributed by atoms with van der Waals surface area (Å²) >= 11 is 0. The monoisotopic (exact) mass is 264 g/mol. The first-order valence-corrected chi connectivity index (χ1v) is 7.33. The lowest BCUT2D eigenvalue weighted by molar-refractivity contribution is 0.133. The number of hydrogen-bond acceptors (Lipinski definition) is 3. The van der Waals surface area contributed by atoms with E-state index in [1.54, 1.807) is 0 Å². The molecule has 3 N–H and O–H groups in total. The number of benzene rings is 1. The van der Waals surface area contributed by atoms with E-state index in [1.165, 1.54) is 17.5 Å². The first-order valence-electron chi connectivity index (χ1n) is 7.33. The average molecular weight is 264 g/mol. The minimum Gasteiger partial charge on any atom is -0.380 e. The summed E-state index contributed by atoms with van der Waals surface area (Å²) in [4.78, 5) is 0. The molecule has 0 heterocycles. The van der Waals surface area contributed by atoms with Crippen LogP contribution in [0, 0.1) is 6.92 Å². The summed E-state index contributed by atoms with van der Waals surface area (Å²) in [6.45, 7) is 8.42. The number of nitrogens with one attached hydrogen (secondary N) is 1. The van der Waals surface area contributed by atoms with Crippen molar-refractivity contribution in [2.75, 3.05) is 32.8 Å². The lowest BCUT2D eigenvalue weighted by Crippen LogP contribution is -2.29. The van der Waals surface area contributed by atoms with Crippen molar-refractivity contribution in [2.45, 2.75) is 32.6 Å². The Balaban J connectivity index is 2.20. The molecule has 0 fully saturated rings. The van der Waals surface area contributed by atoms with Gasteiger partial charge in [-0.1, -0.05) is 43.2 Å². The van der Waals surface area contributed by atoms with E-state index in [9.17, 15) is 0 Å². The maximum atomic E-state index is 5.85. The molecule has 0 bridgehead atoms. The Bertz CT molecular complexity index is 324. The topological polar surface area (TPSA) is 47.3 Å². The lowest BCUT2D eigenvalue weighted by Gasteiger charge is -2.16. The second kappa shape index (κ2) is 9.96. The fourth-order valence-electron chi connectivity index (χ4n) is 1.94. The maximum Gasteiger partial charge on any atom is 0.0590 e. The summed E-state index contributed by atoms with van der Waals surface area (Å²) in [6, 6.07) is 8.64. The summed E-state index contributed by atoms with van der Waals surface area (Å²) in [5, 5.41) is 3.42. The summed E-state index contributed by atoms with van der Waals surface area (Å²) in [5.74, 6) is 0.385. The van der Waals surface area contributed by atoms with E-state index in [1.807, 2.05) is 0 Å². The Morgan fingerprint density at radius 3 is 2.58 bits per heavy atom. The third-order valence-corrected chi connectivity index (χ3v) is 3.29. The molecule has 0 aliphatic carbocycles. The number of aryl methyl sites for hydroxylation is 1. The van der Waals surface area contributed by atoms with Crippen LogP contribution in [0.2, 0.25) is 0 Å². The summed E-state index contributed by atoms with van der Waals surface area (Å²) in [5.41, 5.74) is 8.45. The van der Waals surface area contributed by atoms with Crippen LogP contribution in [0.15, 0.2) is 24.3 Å². The number of hydrogen-bond donors (Lipinski definition) is 2. The molecular formula is C16H28N2O. The smallest absolute Gasteiger partial charge is 0.0590 e. The summed E-state index contributed by atoms with van der Waals surface area (Å²) in [6.07, 6.45) is 2.34. The number of unbranched alkanes of at least 4 members (excludes halogenated alkanes) is 1. The SMILES string of the molecule is CCCCOCCNCC(CN)c1ccc(C)cc1. The lowest BCUT2D eigenvalue weighted by atomic mass is 9.98. The molecule has 3 nitrogen and oxygen atoms in total. The highest BCUT2D eigenvalue weighted by Crippen LogP contribution is 2.14. The number of rotatable bonds is 10. The molecule has 0 amide bonds. The predicted octanol–water partition coefficient (Wildman–Crippen LogP) is 2.44. The van der Waals surface area contributed by atoms with Gasteiger partial charge >= 0.3 is 0 Å². The van der Waals surface area contributed by atoms with Crippen molar-refractivity contribution in [2.24, 2.45) is 5.73 Å². The van der Waals surface area contributed by atoms with Crippen molar-refractivity contribution in [3.8, 4) is 0 Å². The molecule has 3 heteroatoms. The van der Waals surface area contributed by atoms with Crippen molar-refractivity contribution in [1.82, 2.24) is 5.32 Å². The molecule has 19 heavy (non-hydrogen) atoms. The molecule has 1 aromatic rings. The van der Waals surface area contributed by atoms with Crippen LogP contribution in [-0.4, -0.2) is 32.8 Å². The molecule has 1 rings (SSSR count). The van der Waals surface area contributed by atoms with Gasteiger partial charge in [0.2, 0.25) is 0 Å². The quantitative estimate of drug-likeness (QED) is 0.638. The highest BCUT2D eigenvalue weighted by Gasteiger charge is 2.08. The van der Waals surface area contributed by atoms with Gasteiger partial charge in [0.25, 0.3) is 0 Å². The standard InChI is InChI=1S/C16H28N2O/c1-3-4-10-19-11-9-18-13-16(12-17)15-7-5-14(2)6-8-15/h5-8,16,18H,3-4,9-13,17H2,1-2H3. The molecule has 0 radical (unpaired) electrons. The van der Waals surface area contributed by atoms with E-state index < -0.39 is 0 Å². The zero-order valence-corrected chi connectivity index (χ0v) is 12.3. The van der Waals surface area contributed by atoms with Crippen molar-refractivity contribution >= 4 is 0 Å². The van der Waals surface area contributed by atoms with E-state index in [4.69, 9.17) is 10.5 Å². The highest BCUT2D eigenvalue weighted by molar-refractivity contribution is 5.25. The molecule has 1 unspecified atom stereocenters. The van der Waals surface area contributed by atoms with Gasteiger partial charge in [0.15, 0.2) is 0 Å². The molecule has 108 valence electrons. The van der Waals surface area contributed by atoms with Crippen molar-refractivity contribution in [3.63, 3.8) is 0 Å². The van der Waals surface area contributed by atoms with Crippen LogP contribution in [0.3, 0.4) is 0 Å². The molecule has 0 aromatic heterocycles. The van der Waals surface area contributed by atoms with Gasteiger partial charge in [-0.25, -0.2) is 0 Å². The minimum absolute atomic E-state index is 0.385. The summed E-state index contributed by atoms with van der Waals surface area (Å²) in [7, 11) is 0. The maximum absolute atomic E-state index is 5.85. The third-order valence-electron chi connectivity index (χ3n) is 3.29. The second-order valence-electron chi connectivity index (χ2n) is 5.01. The molecule has 1 atom stereocenters. The predicted molar refractivity (Wildman–Crippen MR) is 81.6 cm³/mol. The van der Waals surface area contributed by atoms with Crippen molar-refractivity contribution in [1.29, 1.82) is 0 Å². The minimum atomic E-state index is 0.385. The van der Waals surface area contributed by atoms with Crippen LogP contribution < -0.4 is 11.1 Å². The van der Waals surface area contributed by atoms with E-state index in [0.29, 0.717) is 12.5 Å². The highest BCUT2D eigenvalue weighted by atomic mass is 16.5. The fraction of sp³-hybridized carbons (Fsp3) is 0.625. The molecule has 1 aromatic carbocycles. The largest absolute Gasteiger partial charge is 0.380 e. The van der Waals surface area contributed by atoms with Gasteiger partial charge in [-0.05, 0) is 18.9 Å². The van der Waals surface area contributed by atoms with Crippen molar-refractivity contribution in [3.05, 3.63) is 35.4 Å². The molecule has 0 aliphatic heterocycles. The van der Waals surface area contributed by atoms with Gasteiger partial charge in [0.1, 0.15) is 0 Å². The van der Waals surface area contributed by atoms with Crippen LogP contribution in [0.1, 0.15) is 36.8 Å². The molecule has 0 spiro atoms. The van der Waals surface area contributed by atoms with Gasteiger partial charge in [-0.15, -0.1) is 0 Å². The first kappa shape index (κ1) is 16.2. The van der Waals surface area contributed by atoms with E-state index in [-0.39, 0.29) is 0 Å². The van der Waals surface area contributed by atoms with Gasteiger partial charge in [0, 0.05) is 32.2 Å². The average Bonchev–Trinajstić information content (AvgIpc) is 2.43. The Hall–Kier alpha value is -0.900. The zero-order valence-electron chi connectivity index (χ0n) is 12.3. The van der Waals surface area contributed by atoms with E-state index in [0.717, 1.165) is 32.7 Å². The fourth-order valence-corrected chi connectivity index (χ4v) is 1.94. The van der Waals surface area contributed by atoms with Crippen LogP contribution in [0.25, 0.3) is 0 Å². The van der Waals surface area contributed by atoms with Gasteiger partial charge < -0.3 is 15.8 Å². The number of ether oxygens (including phenoxy) is 1. The van der Waals surface area contributed by atoms with E-state index >= 15 is 0 Å². The second-order valence-corrected chi connectivity index (χ2v) is 5.01.